The summed E-state index contributed by atoms with van der Waals surface area (Å²) in [6, 6.07) is 18.6. The minimum absolute atomic E-state index is 0.254. The highest BCUT2D eigenvalue weighted by Crippen LogP contribution is 2.39. The lowest BCUT2D eigenvalue weighted by Gasteiger charge is -2.28. The molecule has 4 aromatic rings. The molecule has 0 bridgehead atoms. The van der Waals surface area contributed by atoms with Crippen LogP contribution in [0.2, 0.25) is 0 Å². The zero-order chi connectivity index (χ0) is 21.5. The minimum atomic E-state index is -0.254. The molecule has 0 saturated carbocycles. The first-order valence-corrected chi connectivity index (χ1v) is 11.6. The van der Waals surface area contributed by atoms with E-state index in [9.17, 15) is 0 Å². The van der Waals surface area contributed by atoms with Crippen LogP contribution < -0.4 is 5.73 Å². The Bertz CT molecular complexity index is 1230. The van der Waals surface area contributed by atoms with Crippen molar-refractivity contribution in [2.75, 3.05) is 0 Å². The highest BCUT2D eigenvalue weighted by atomic mass is 14.7. The lowest BCUT2D eigenvalue weighted by molar-refractivity contribution is 0.413. The topological polar surface area (TPSA) is 26.0 Å². The average Bonchev–Trinajstić information content (AvgIpc) is 2.79. The van der Waals surface area contributed by atoms with Crippen molar-refractivity contribution in [2.45, 2.75) is 72.3 Å². The maximum atomic E-state index is 6.76. The van der Waals surface area contributed by atoms with E-state index >= 15 is 0 Å². The highest BCUT2D eigenvalue weighted by Gasteiger charge is 2.24. The first-order valence-electron chi connectivity index (χ1n) is 11.6. The molecule has 0 saturated heterocycles. The van der Waals surface area contributed by atoms with Crippen molar-refractivity contribution < 1.29 is 0 Å². The SMILES string of the molecule is CCCCc1ccc2c(ccc3c(C)c(C)c4cc(C(N)(CC)CC)ccc4c32)c1. The third kappa shape index (κ3) is 3.30. The largest absolute Gasteiger partial charge is 0.321 e. The Morgan fingerprint density at radius 1 is 0.733 bits per heavy atom. The molecule has 0 amide bonds. The van der Waals surface area contributed by atoms with Crippen LogP contribution in [0, 0.1) is 13.8 Å². The molecule has 1 nitrogen and oxygen atoms in total. The molecule has 0 heterocycles. The van der Waals surface area contributed by atoms with Gasteiger partial charge >= 0.3 is 0 Å². The fourth-order valence-electron chi connectivity index (χ4n) is 4.96. The van der Waals surface area contributed by atoms with Gasteiger partial charge in [0.25, 0.3) is 0 Å². The van der Waals surface area contributed by atoms with Gasteiger partial charge in [0, 0.05) is 5.54 Å². The van der Waals surface area contributed by atoms with Gasteiger partial charge in [-0.05, 0) is 100 Å². The van der Waals surface area contributed by atoms with E-state index in [1.807, 2.05) is 0 Å². The second-order valence-electron chi connectivity index (χ2n) is 9.02. The smallest absolute Gasteiger partial charge is 0.0404 e. The summed E-state index contributed by atoms with van der Waals surface area (Å²) >= 11 is 0. The van der Waals surface area contributed by atoms with Crippen molar-refractivity contribution in [2.24, 2.45) is 5.73 Å². The number of aryl methyl sites for hydroxylation is 3. The molecule has 0 aliphatic heterocycles. The summed E-state index contributed by atoms with van der Waals surface area (Å²) < 4.78 is 0. The van der Waals surface area contributed by atoms with Gasteiger partial charge in [-0.1, -0.05) is 69.7 Å². The second kappa shape index (κ2) is 8.04. The number of rotatable bonds is 6. The lowest BCUT2D eigenvalue weighted by Crippen LogP contribution is -2.35. The fourth-order valence-corrected chi connectivity index (χ4v) is 4.96. The molecule has 1 heteroatoms. The fraction of sp³-hybridized carbons (Fsp3) is 0.379. The summed E-state index contributed by atoms with van der Waals surface area (Å²) in [5, 5.41) is 8.15. The van der Waals surface area contributed by atoms with Gasteiger partial charge < -0.3 is 5.73 Å². The number of fused-ring (bicyclic) bond motifs is 5. The Labute approximate surface area is 181 Å². The van der Waals surface area contributed by atoms with Crippen LogP contribution in [0.25, 0.3) is 32.3 Å². The first kappa shape index (κ1) is 20.9. The van der Waals surface area contributed by atoms with Crippen molar-refractivity contribution in [3.8, 4) is 0 Å². The van der Waals surface area contributed by atoms with Crippen molar-refractivity contribution in [1.82, 2.24) is 0 Å². The molecule has 0 aliphatic carbocycles. The third-order valence-corrected chi connectivity index (χ3v) is 7.40. The van der Waals surface area contributed by atoms with Gasteiger partial charge in [-0.15, -0.1) is 0 Å². The van der Waals surface area contributed by atoms with Crippen LogP contribution in [0.4, 0.5) is 0 Å². The Balaban J connectivity index is 2.04. The Morgan fingerprint density at radius 2 is 1.40 bits per heavy atom. The van der Waals surface area contributed by atoms with E-state index in [0.717, 1.165) is 19.3 Å². The molecule has 0 aliphatic rings. The molecule has 156 valence electrons. The van der Waals surface area contributed by atoms with Crippen molar-refractivity contribution in [1.29, 1.82) is 0 Å². The summed E-state index contributed by atoms with van der Waals surface area (Å²) in [6.45, 7) is 11.2. The van der Waals surface area contributed by atoms with Crippen LogP contribution in [0.1, 0.15) is 68.7 Å². The van der Waals surface area contributed by atoms with E-state index in [1.54, 1.807) is 0 Å². The molecule has 0 radical (unpaired) electrons. The normalized spacial score (nSPS) is 12.3. The van der Waals surface area contributed by atoms with Crippen LogP contribution in [-0.2, 0) is 12.0 Å². The van der Waals surface area contributed by atoms with Gasteiger partial charge in [0.05, 0.1) is 0 Å². The van der Waals surface area contributed by atoms with Gasteiger partial charge in [-0.25, -0.2) is 0 Å². The van der Waals surface area contributed by atoms with Crippen LogP contribution in [-0.4, -0.2) is 0 Å². The van der Waals surface area contributed by atoms with Crippen molar-refractivity contribution in [3.05, 3.63) is 70.8 Å². The van der Waals surface area contributed by atoms with Crippen LogP contribution in [0.5, 0.6) is 0 Å². The van der Waals surface area contributed by atoms with Gasteiger partial charge in [0.1, 0.15) is 0 Å². The predicted octanol–water partition coefficient (Wildman–Crippen LogP) is 8.08. The summed E-state index contributed by atoms with van der Waals surface area (Å²) in [4.78, 5) is 0. The maximum absolute atomic E-state index is 6.76. The minimum Gasteiger partial charge on any atom is -0.321 e. The van der Waals surface area contributed by atoms with Gasteiger partial charge in [-0.2, -0.15) is 0 Å². The second-order valence-corrected chi connectivity index (χ2v) is 9.02. The standard InChI is InChI=1S/C29H35N/c1-6-9-10-21-11-14-25-22(17-21)12-15-24-19(4)20(5)27-18-23(29(30,7-2)8-3)13-16-26(27)28(24)25/h11-18H,6-10,30H2,1-5H3. The number of hydrogen-bond donors (Lipinski definition) is 1. The maximum Gasteiger partial charge on any atom is 0.0404 e. The summed E-state index contributed by atoms with van der Waals surface area (Å²) in [5.74, 6) is 0. The van der Waals surface area contributed by atoms with E-state index in [0.29, 0.717) is 0 Å². The highest BCUT2D eigenvalue weighted by molar-refractivity contribution is 6.22. The molecule has 2 N–H and O–H groups in total. The Hall–Kier alpha value is -2.38. The molecule has 4 aromatic carbocycles. The molecule has 0 spiro atoms. The number of hydrogen-bond acceptors (Lipinski definition) is 1. The van der Waals surface area contributed by atoms with E-state index in [4.69, 9.17) is 5.73 Å². The molecular formula is C29H35N. The molecule has 4 rings (SSSR count). The zero-order valence-corrected chi connectivity index (χ0v) is 19.2. The van der Waals surface area contributed by atoms with Gasteiger partial charge in [0.15, 0.2) is 0 Å². The zero-order valence-electron chi connectivity index (χ0n) is 19.2. The predicted molar refractivity (Wildman–Crippen MR) is 133 cm³/mol. The van der Waals surface area contributed by atoms with E-state index in [2.05, 4.69) is 83.1 Å². The van der Waals surface area contributed by atoms with Gasteiger partial charge in [0.2, 0.25) is 0 Å². The number of benzene rings is 4. The average molecular weight is 398 g/mol. The molecule has 30 heavy (non-hydrogen) atoms. The first-order chi connectivity index (χ1) is 14.4. The van der Waals surface area contributed by atoms with Gasteiger partial charge in [-0.3, -0.25) is 0 Å². The Kier molecular flexibility index (Phi) is 5.59. The van der Waals surface area contributed by atoms with Crippen molar-refractivity contribution >= 4 is 32.3 Å². The van der Waals surface area contributed by atoms with Crippen LogP contribution >= 0.6 is 0 Å². The van der Waals surface area contributed by atoms with E-state index in [1.165, 1.54) is 67.4 Å². The summed E-state index contributed by atoms with van der Waals surface area (Å²) in [6.07, 6.45) is 5.54. The monoisotopic (exact) mass is 397 g/mol. The molecule has 0 aromatic heterocycles. The van der Waals surface area contributed by atoms with E-state index in [-0.39, 0.29) is 5.54 Å². The van der Waals surface area contributed by atoms with E-state index < -0.39 is 0 Å². The van der Waals surface area contributed by atoms with Crippen LogP contribution in [0.3, 0.4) is 0 Å². The molecule has 0 unspecified atom stereocenters. The number of nitrogens with two attached hydrogens (primary N) is 1. The number of unbranched alkanes of at least 4 members (excludes halogenated alkanes) is 1. The third-order valence-electron chi connectivity index (χ3n) is 7.40. The summed E-state index contributed by atoms with van der Waals surface area (Å²) in [5.41, 5.74) is 11.9. The molecular weight excluding hydrogens is 362 g/mol. The summed E-state index contributed by atoms with van der Waals surface area (Å²) in [7, 11) is 0. The van der Waals surface area contributed by atoms with Crippen LogP contribution in [0.15, 0.2) is 48.5 Å². The lowest BCUT2D eigenvalue weighted by atomic mass is 9.82. The molecule has 0 atom stereocenters. The Morgan fingerprint density at radius 3 is 2.10 bits per heavy atom. The quantitative estimate of drug-likeness (QED) is 0.327. The van der Waals surface area contributed by atoms with Crippen molar-refractivity contribution in [3.63, 3.8) is 0 Å². The molecule has 0 fully saturated rings.